The molecule has 0 radical (unpaired) electrons. The predicted octanol–water partition coefficient (Wildman–Crippen LogP) is 2.52. The lowest BCUT2D eigenvalue weighted by molar-refractivity contribution is 1.07. The van der Waals surface area contributed by atoms with Crippen LogP contribution < -0.4 is 11.1 Å². The molecule has 0 unspecified atom stereocenters. The summed E-state index contributed by atoms with van der Waals surface area (Å²) in [6.45, 7) is 2.84. The van der Waals surface area contributed by atoms with Crippen molar-refractivity contribution in [2.75, 3.05) is 17.6 Å². The molecular weight excluding hydrogens is 186 g/mol. The molecule has 0 bridgehead atoms. The van der Waals surface area contributed by atoms with Gasteiger partial charge in [-0.25, -0.2) is 0 Å². The van der Waals surface area contributed by atoms with Crippen LogP contribution in [0.3, 0.4) is 0 Å². The van der Waals surface area contributed by atoms with Crippen LogP contribution in [0.15, 0.2) is 30.4 Å². The smallest absolute Gasteiger partial charge is 0.0992 e. The Bertz CT molecular complexity index is 388. The number of benzene rings is 1. The van der Waals surface area contributed by atoms with E-state index in [2.05, 4.69) is 17.5 Å². The maximum Gasteiger partial charge on any atom is 0.0992 e. The van der Waals surface area contributed by atoms with E-state index in [1.165, 1.54) is 0 Å². The first-order valence-electron chi connectivity index (χ1n) is 4.92. The third-order valence-electron chi connectivity index (χ3n) is 2.04. The van der Waals surface area contributed by atoms with Crippen LogP contribution in [0.25, 0.3) is 0 Å². The highest BCUT2D eigenvalue weighted by molar-refractivity contribution is 5.68. The van der Waals surface area contributed by atoms with Crippen molar-refractivity contribution < 1.29 is 0 Å². The summed E-state index contributed by atoms with van der Waals surface area (Å²) < 4.78 is 0. The van der Waals surface area contributed by atoms with Crippen LogP contribution in [0.4, 0.5) is 11.4 Å². The average Bonchev–Trinajstić information content (AvgIpc) is 2.26. The molecule has 0 aliphatic heterocycles. The number of anilines is 2. The van der Waals surface area contributed by atoms with E-state index in [9.17, 15) is 0 Å². The van der Waals surface area contributed by atoms with Gasteiger partial charge in [-0.1, -0.05) is 12.2 Å². The zero-order valence-electron chi connectivity index (χ0n) is 8.83. The fourth-order valence-corrected chi connectivity index (χ4v) is 1.25. The summed E-state index contributed by atoms with van der Waals surface area (Å²) in [5.74, 6) is 0. The molecule has 0 amide bonds. The summed E-state index contributed by atoms with van der Waals surface area (Å²) in [7, 11) is 0. The number of hydrogen-bond donors (Lipinski definition) is 2. The number of nitrogens with zero attached hydrogens (tertiary/aromatic N) is 1. The Morgan fingerprint density at radius 1 is 1.53 bits per heavy atom. The third-order valence-corrected chi connectivity index (χ3v) is 2.04. The predicted molar refractivity (Wildman–Crippen MR) is 63.5 cm³/mol. The fraction of sp³-hybridized carbons (Fsp3) is 0.250. The van der Waals surface area contributed by atoms with Crippen LogP contribution in [-0.2, 0) is 0 Å². The highest BCUT2D eigenvalue weighted by atomic mass is 14.9. The van der Waals surface area contributed by atoms with Crippen molar-refractivity contribution in [2.24, 2.45) is 0 Å². The molecule has 0 saturated heterocycles. The topological polar surface area (TPSA) is 61.8 Å². The zero-order valence-corrected chi connectivity index (χ0v) is 8.83. The number of nitrogens with one attached hydrogen (secondary N) is 1. The van der Waals surface area contributed by atoms with E-state index in [4.69, 9.17) is 11.0 Å². The first kappa shape index (κ1) is 11.1. The average molecular weight is 201 g/mol. The monoisotopic (exact) mass is 201 g/mol. The first-order chi connectivity index (χ1) is 7.27. The summed E-state index contributed by atoms with van der Waals surface area (Å²) in [6.07, 6.45) is 5.08. The largest absolute Gasteiger partial charge is 0.397 e. The molecule has 78 valence electrons. The Hall–Kier alpha value is -1.95. The lowest BCUT2D eigenvalue weighted by Crippen LogP contribution is -2.03. The van der Waals surface area contributed by atoms with E-state index < -0.39 is 0 Å². The van der Waals surface area contributed by atoms with Gasteiger partial charge in [-0.2, -0.15) is 5.26 Å². The van der Waals surface area contributed by atoms with E-state index in [1.54, 1.807) is 12.1 Å². The second-order valence-corrected chi connectivity index (χ2v) is 3.20. The quantitative estimate of drug-likeness (QED) is 0.447. The molecule has 3 heteroatoms. The third kappa shape index (κ3) is 3.35. The van der Waals surface area contributed by atoms with E-state index in [0.717, 1.165) is 18.7 Å². The molecule has 0 fully saturated rings. The van der Waals surface area contributed by atoms with Crippen molar-refractivity contribution in [3.8, 4) is 6.07 Å². The molecule has 3 N–H and O–H groups in total. The Balaban J connectivity index is 2.59. The summed E-state index contributed by atoms with van der Waals surface area (Å²) >= 11 is 0. The molecule has 1 rings (SSSR count). The number of nitrogens with two attached hydrogens (primary N) is 1. The number of rotatable bonds is 4. The van der Waals surface area contributed by atoms with E-state index in [0.29, 0.717) is 11.3 Å². The number of allylic oxidation sites excluding steroid dienone is 1. The molecule has 0 aliphatic rings. The standard InChI is InChI=1S/C12H15N3/c1-2-3-4-7-15-12-6-5-10(9-13)8-11(12)14/h2-3,5-6,8,15H,4,7,14H2,1H3/b3-2+. The van der Waals surface area contributed by atoms with Crippen molar-refractivity contribution in [1.29, 1.82) is 5.26 Å². The van der Waals surface area contributed by atoms with Gasteiger partial charge in [0.25, 0.3) is 0 Å². The Labute approximate surface area is 90.2 Å². The van der Waals surface area contributed by atoms with Gasteiger partial charge in [-0.05, 0) is 31.5 Å². The Morgan fingerprint density at radius 2 is 2.33 bits per heavy atom. The van der Waals surface area contributed by atoms with Crippen molar-refractivity contribution in [2.45, 2.75) is 13.3 Å². The minimum Gasteiger partial charge on any atom is -0.397 e. The van der Waals surface area contributed by atoms with Crippen LogP contribution in [0.5, 0.6) is 0 Å². The zero-order chi connectivity index (χ0) is 11.1. The molecule has 1 aromatic rings. The number of nitriles is 1. The van der Waals surface area contributed by atoms with Crippen LogP contribution >= 0.6 is 0 Å². The van der Waals surface area contributed by atoms with Crippen LogP contribution in [-0.4, -0.2) is 6.54 Å². The number of hydrogen-bond acceptors (Lipinski definition) is 3. The summed E-state index contributed by atoms with van der Waals surface area (Å²) in [6, 6.07) is 7.33. The lowest BCUT2D eigenvalue weighted by Gasteiger charge is -2.07. The Morgan fingerprint density at radius 3 is 2.93 bits per heavy atom. The van der Waals surface area contributed by atoms with Gasteiger partial charge in [-0.15, -0.1) is 0 Å². The number of nitrogen functional groups attached to an aromatic ring is 1. The van der Waals surface area contributed by atoms with Crippen LogP contribution in [0.1, 0.15) is 18.9 Å². The maximum absolute atomic E-state index is 8.66. The van der Waals surface area contributed by atoms with Gasteiger partial charge in [-0.3, -0.25) is 0 Å². The molecule has 0 saturated carbocycles. The van der Waals surface area contributed by atoms with Crippen LogP contribution in [0.2, 0.25) is 0 Å². The van der Waals surface area contributed by atoms with E-state index in [-0.39, 0.29) is 0 Å². The molecule has 0 spiro atoms. The summed E-state index contributed by atoms with van der Waals surface area (Å²) in [5, 5.41) is 11.9. The SMILES string of the molecule is C/C=C/CCNc1ccc(C#N)cc1N. The molecule has 3 nitrogen and oxygen atoms in total. The highest BCUT2D eigenvalue weighted by Gasteiger charge is 1.98. The Kier molecular flexibility index (Phi) is 4.24. The molecule has 0 aliphatic carbocycles. The fourth-order valence-electron chi connectivity index (χ4n) is 1.25. The second-order valence-electron chi connectivity index (χ2n) is 3.20. The maximum atomic E-state index is 8.66. The minimum absolute atomic E-state index is 0.589. The molecular formula is C12H15N3. The van der Waals surface area contributed by atoms with Crippen molar-refractivity contribution in [3.63, 3.8) is 0 Å². The molecule has 0 atom stereocenters. The van der Waals surface area contributed by atoms with Crippen molar-refractivity contribution in [3.05, 3.63) is 35.9 Å². The van der Waals surface area contributed by atoms with Crippen molar-refractivity contribution in [1.82, 2.24) is 0 Å². The minimum atomic E-state index is 0.589. The summed E-state index contributed by atoms with van der Waals surface area (Å²) in [4.78, 5) is 0. The lowest BCUT2D eigenvalue weighted by atomic mass is 10.2. The van der Waals surface area contributed by atoms with Gasteiger partial charge >= 0.3 is 0 Å². The van der Waals surface area contributed by atoms with Gasteiger partial charge in [0, 0.05) is 6.54 Å². The molecule has 15 heavy (non-hydrogen) atoms. The van der Waals surface area contributed by atoms with Gasteiger partial charge < -0.3 is 11.1 Å². The van der Waals surface area contributed by atoms with E-state index >= 15 is 0 Å². The van der Waals surface area contributed by atoms with Gasteiger partial charge in [0.15, 0.2) is 0 Å². The van der Waals surface area contributed by atoms with Crippen LogP contribution in [0, 0.1) is 11.3 Å². The van der Waals surface area contributed by atoms with Gasteiger partial charge in [0.1, 0.15) is 0 Å². The first-order valence-corrected chi connectivity index (χ1v) is 4.92. The molecule has 1 aromatic carbocycles. The van der Waals surface area contributed by atoms with Crippen molar-refractivity contribution >= 4 is 11.4 Å². The second kappa shape index (κ2) is 5.71. The normalized spacial score (nSPS) is 10.1. The highest BCUT2D eigenvalue weighted by Crippen LogP contribution is 2.19. The van der Waals surface area contributed by atoms with Gasteiger partial charge in [0.2, 0.25) is 0 Å². The van der Waals surface area contributed by atoms with E-state index in [1.807, 2.05) is 19.1 Å². The molecule has 0 heterocycles. The summed E-state index contributed by atoms with van der Waals surface area (Å²) in [5.41, 5.74) is 7.88. The van der Waals surface area contributed by atoms with Gasteiger partial charge in [0.05, 0.1) is 23.0 Å². The molecule has 0 aromatic heterocycles.